The number of nitrogens with zero attached hydrogens (tertiary/aromatic N) is 1. The summed E-state index contributed by atoms with van der Waals surface area (Å²) < 4.78 is 29.6. The second-order valence-corrected chi connectivity index (χ2v) is 6.52. The lowest BCUT2D eigenvalue weighted by molar-refractivity contribution is 0.0821. The fraction of sp³-hybridized carbons (Fsp3) is 0.733. The Bertz CT molecular complexity index is 423. The molecule has 0 atom stereocenters. The summed E-state index contributed by atoms with van der Waals surface area (Å²) in [5, 5.41) is 12.7. The molecule has 0 aliphatic carbocycles. The van der Waals surface area contributed by atoms with E-state index in [9.17, 15) is 13.9 Å². The van der Waals surface area contributed by atoms with Gasteiger partial charge in [0.2, 0.25) is 0 Å². The van der Waals surface area contributed by atoms with Crippen molar-refractivity contribution in [2.24, 2.45) is 0 Å². The van der Waals surface area contributed by atoms with Crippen LogP contribution in [-0.4, -0.2) is 48.0 Å². The van der Waals surface area contributed by atoms with E-state index in [0.717, 1.165) is 51.2 Å². The molecule has 1 aromatic rings. The Balaban J connectivity index is 1.53. The van der Waals surface area contributed by atoms with Crippen LogP contribution in [0.2, 0.25) is 0 Å². The third-order valence-electron chi connectivity index (χ3n) is 3.75. The number of alkyl halides is 2. The molecule has 0 spiro atoms. The maximum Gasteiger partial charge on any atom is 0.284 e. The van der Waals surface area contributed by atoms with Gasteiger partial charge in [0.1, 0.15) is 11.5 Å². The molecule has 0 bridgehead atoms. The van der Waals surface area contributed by atoms with Crippen molar-refractivity contribution in [2.45, 2.75) is 43.4 Å². The van der Waals surface area contributed by atoms with Crippen molar-refractivity contribution in [2.75, 3.05) is 26.2 Å². The van der Waals surface area contributed by atoms with Crippen LogP contribution < -0.4 is 5.32 Å². The van der Waals surface area contributed by atoms with Crippen LogP contribution in [0.25, 0.3) is 0 Å². The first kappa shape index (κ1) is 17.7. The van der Waals surface area contributed by atoms with E-state index in [2.05, 4.69) is 10.2 Å². The number of hydrogen-bond donors (Lipinski definition) is 2. The van der Waals surface area contributed by atoms with E-state index in [1.807, 2.05) is 6.07 Å². The molecule has 2 N–H and O–H groups in total. The molecule has 7 heteroatoms. The Kier molecular flexibility index (Phi) is 7.65. The molecule has 1 aliphatic heterocycles. The number of halogens is 2. The van der Waals surface area contributed by atoms with Gasteiger partial charge in [0, 0.05) is 13.1 Å². The highest BCUT2D eigenvalue weighted by atomic mass is 32.2. The summed E-state index contributed by atoms with van der Waals surface area (Å²) in [6.45, 7) is 4.50. The lowest BCUT2D eigenvalue weighted by atomic mass is 10.1. The zero-order valence-corrected chi connectivity index (χ0v) is 13.5. The van der Waals surface area contributed by atoms with Crippen molar-refractivity contribution in [3.05, 3.63) is 23.7 Å². The molecule has 1 aliphatic rings. The number of hydrogen-bond acceptors (Lipinski definition) is 5. The fourth-order valence-electron chi connectivity index (χ4n) is 2.52. The Morgan fingerprint density at radius 2 is 2.05 bits per heavy atom. The standard InChI is InChI=1S/C15H24F2N2O2S/c16-15(17)22-11-14-3-2-13(21-14)10-18-6-1-7-19-8-4-12(20)5-9-19/h2-3,12,15,18,20H,1,4-11H2. The summed E-state index contributed by atoms with van der Waals surface area (Å²) in [4.78, 5) is 2.38. The quantitative estimate of drug-likeness (QED) is 0.680. The van der Waals surface area contributed by atoms with E-state index < -0.39 is 5.76 Å². The SMILES string of the molecule is OC1CCN(CCCNCc2ccc(CSC(F)F)o2)CC1. The molecule has 0 amide bonds. The average molecular weight is 334 g/mol. The molecule has 0 saturated carbocycles. The summed E-state index contributed by atoms with van der Waals surface area (Å²) in [5.74, 6) is -0.777. The summed E-state index contributed by atoms with van der Waals surface area (Å²) in [7, 11) is 0. The van der Waals surface area contributed by atoms with Gasteiger partial charge < -0.3 is 19.7 Å². The van der Waals surface area contributed by atoms with Crippen LogP contribution in [0.1, 0.15) is 30.8 Å². The van der Waals surface area contributed by atoms with Crippen LogP contribution in [0.5, 0.6) is 0 Å². The minimum absolute atomic E-state index is 0.120. The number of piperidine rings is 1. The smallest absolute Gasteiger partial charge is 0.284 e. The second kappa shape index (κ2) is 9.50. The highest BCUT2D eigenvalue weighted by Crippen LogP contribution is 2.21. The van der Waals surface area contributed by atoms with Crippen LogP contribution in [0, 0.1) is 0 Å². The van der Waals surface area contributed by atoms with Gasteiger partial charge in [-0.2, -0.15) is 8.78 Å². The summed E-state index contributed by atoms with van der Waals surface area (Å²) in [6.07, 6.45) is 2.68. The third-order valence-corrected chi connectivity index (χ3v) is 4.46. The number of aliphatic hydroxyl groups is 1. The first-order chi connectivity index (χ1) is 10.6. The highest BCUT2D eigenvalue weighted by Gasteiger charge is 2.15. The van der Waals surface area contributed by atoms with Gasteiger partial charge in [-0.25, -0.2) is 0 Å². The van der Waals surface area contributed by atoms with E-state index in [4.69, 9.17) is 4.42 Å². The molecule has 4 nitrogen and oxygen atoms in total. The molecular weight excluding hydrogens is 310 g/mol. The third kappa shape index (κ3) is 6.64. The fourth-order valence-corrected chi connectivity index (χ4v) is 2.97. The number of furan rings is 1. The van der Waals surface area contributed by atoms with Crippen molar-refractivity contribution >= 4 is 11.8 Å². The topological polar surface area (TPSA) is 48.6 Å². The van der Waals surface area contributed by atoms with E-state index in [0.29, 0.717) is 24.1 Å². The van der Waals surface area contributed by atoms with Gasteiger partial charge in [0.15, 0.2) is 0 Å². The number of thioether (sulfide) groups is 1. The lowest BCUT2D eigenvalue weighted by Crippen LogP contribution is -2.37. The van der Waals surface area contributed by atoms with Crippen molar-refractivity contribution in [1.82, 2.24) is 10.2 Å². The van der Waals surface area contributed by atoms with Crippen LogP contribution in [0.3, 0.4) is 0 Å². The molecule has 1 saturated heterocycles. The monoisotopic (exact) mass is 334 g/mol. The minimum Gasteiger partial charge on any atom is -0.464 e. The van der Waals surface area contributed by atoms with Crippen molar-refractivity contribution < 1.29 is 18.3 Å². The number of rotatable bonds is 9. The Morgan fingerprint density at radius 1 is 1.32 bits per heavy atom. The summed E-state index contributed by atoms with van der Waals surface area (Å²) in [6, 6.07) is 3.59. The lowest BCUT2D eigenvalue weighted by Gasteiger charge is -2.29. The molecule has 1 fully saturated rings. The number of likely N-dealkylation sites (tertiary alicyclic amines) is 1. The van der Waals surface area contributed by atoms with Crippen LogP contribution in [0.15, 0.2) is 16.5 Å². The van der Waals surface area contributed by atoms with Gasteiger partial charge in [-0.1, -0.05) is 11.8 Å². The number of nitrogens with one attached hydrogen (secondary N) is 1. The van der Waals surface area contributed by atoms with Gasteiger partial charge >= 0.3 is 0 Å². The van der Waals surface area contributed by atoms with E-state index in [1.54, 1.807) is 6.07 Å². The second-order valence-electron chi connectivity index (χ2n) is 5.54. The van der Waals surface area contributed by atoms with E-state index in [1.165, 1.54) is 0 Å². The Hall–Kier alpha value is -0.630. The molecule has 2 heterocycles. The molecular formula is C15H24F2N2O2S. The van der Waals surface area contributed by atoms with Crippen molar-refractivity contribution in [3.8, 4) is 0 Å². The van der Waals surface area contributed by atoms with E-state index in [-0.39, 0.29) is 11.9 Å². The normalized spacial score (nSPS) is 17.5. The average Bonchev–Trinajstić information content (AvgIpc) is 2.95. The van der Waals surface area contributed by atoms with Gasteiger partial charge in [0.25, 0.3) is 5.76 Å². The molecule has 126 valence electrons. The van der Waals surface area contributed by atoms with Gasteiger partial charge in [0.05, 0.1) is 18.4 Å². The maximum atomic E-state index is 12.1. The van der Waals surface area contributed by atoms with Crippen LogP contribution in [-0.2, 0) is 12.3 Å². The molecule has 2 rings (SSSR count). The van der Waals surface area contributed by atoms with Gasteiger partial charge in [-0.3, -0.25) is 0 Å². The zero-order chi connectivity index (χ0) is 15.8. The molecule has 22 heavy (non-hydrogen) atoms. The molecule has 1 aromatic heterocycles. The van der Waals surface area contributed by atoms with Gasteiger partial charge in [-0.15, -0.1) is 0 Å². The Labute approximate surface area is 134 Å². The first-order valence-corrected chi connectivity index (χ1v) is 8.77. The first-order valence-electron chi connectivity index (χ1n) is 7.72. The summed E-state index contributed by atoms with van der Waals surface area (Å²) in [5.41, 5.74) is 0. The molecule has 0 unspecified atom stereocenters. The van der Waals surface area contributed by atoms with Gasteiger partial charge in [-0.05, 0) is 44.5 Å². The van der Waals surface area contributed by atoms with Crippen molar-refractivity contribution in [1.29, 1.82) is 0 Å². The van der Waals surface area contributed by atoms with Crippen LogP contribution in [0.4, 0.5) is 8.78 Å². The zero-order valence-electron chi connectivity index (χ0n) is 12.6. The van der Waals surface area contributed by atoms with E-state index >= 15 is 0 Å². The predicted octanol–water partition coefficient (Wildman–Crippen LogP) is 2.67. The molecule has 0 aromatic carbocycles. The molecule has 0 radical (unpaired) electrons. The number of aliphatic hydroxyl groups excluding tert-OH is 1. The largest absolute Gasteiger partial charge is 0.464 e. The minimum atomic E-state index is -2.36. The Morgan fingerprint density at radius 3 is 2.77 bits per heavy atom. The van der Waals surface area contributed by atoms with Crippen molar-refractivity contribution in [3.63, 3.8) is 0 Å². The van der Waals surface area contributed by atoms with Crippen LogP contribution >= 0.6 is 11.8 Å². The summed E-state index contributed by atoms with van der Waals surface area (Å²) >= 11 is 0.575. The highest BCUT2D eigenvalue weighted by molar-refractivity contribution is 7.98. The predicted molar refractivity (Wildman–Crippen MR) is 84.0 cm³/mol. The maximum absolute atomic E-state index is 12.1.